The molecule has 1 N–H and O–H groups in total. The fourth-order valence-electron chi connectivity index (χ4n) is 2.25. The van der Waals surface area contributed by atoms with Crippen molar-refractivity contribution < 1.29 is 4.39 Å². The number of nitrogens with one attached hydrogen (secondary N) is 1. The molecule has 2 aromatic carbocycles. The topological polar surface area (TPSA) is 12.0 Å². The number of halogens is 4. The van der Waals surface area contributed by atoms with Crippen molar-refractivity contribution in [1.82, 2.24) is 5.32 Å². The van der Waals surface area contributed by atoms with E-state index in [9.17, 15) is 4.39 Å². The normalized spacial score (nSPS) is 12.4. The molecule has 5 heteroatoms. The molecule has 1 unspecified atom stereocenters. The van der Waals surface area contributed by atoms with E-state index in [-0.39, 0.29) is 11.9 Å². The SMILES string of the molecule is CCNC(Cc1c(F)cccc1Cl)c1ccc(Cl)cc1Cl. The maximum absolute atomic E-state index is 14.0. The van der Waals surface area contributed by atoms with E-state index in [2.05, 4.69) is 5.32 Å². The second-order valence-electron chi connectivity index (χ2n) is 4.68. The van der Waals surface area contributed by atoms with Crippen molar-refractivity contribution in [3.05, 3.63) is 68.4 Å². The van der Waals surface area contributed by atoms with Crippen LogP contribution in [-0.4, -0.2) is 6.54 Å². The Hall–Kier alpha value is -0.800. The third-order valence-corrected chi connectivity index (χ3v) is 4.17. The first kappa shape index (κ1) is 16.6. The number of likely N-dealkylation sites (N-methyl/N-ethyl adjacent to an activating group) is 1. The van der Waals surface area contributed by atoms with Crippen LogP contribution in [0.2, 0.25) is 15.1 Å². The van der Waals surface area contributed by atoms with Gasteiger partial charge in [0.25, 0.3) is 0 Å². The summed E-state index contributed by atoms with van der Waals surface area (Å²) in [4.78, 5) is 0. The number of hydrogen-bond donors (Lipinski definition) is 1. The Bertz CT molecular complexity index is 611. The number of benzene rings is 2. The van der Waals surface area contributed by atoms with E-state index >= 15 is 0 Å². The Morgan fingerprint density at radius 2 is 1.86 bits per heavy atom. The van der Waals surface area contributed by atoms with Crippen LogP contribution in [0.1, 0.15) is 24.1 Å². The van der Waals surface area contributed by atoms with Gasteiger partial charge in [-0.1, -0.05) is 53.9 Å². The lowest BCUT2D eigenvalue weighted by Crippen LogP contribution is -2.23. The lowest BCUT2D eigenvalue weighted by Gasteiger charge is -2.21. The van der Waals surface area contributed by atoms with Gasteiger partial charge in [0.05, 0.1) is 0 Å². The molecule has 1 nitrogen and oxygen atoms in total. The third-order valence-electron chi connectivity index (χ3n) is 3.26. The highest BCUT2D eigenvalue weighted by Gasteiger charge is 2.18. The van der Waals surface area contributed by atoms with Crippen LogP contribution in [0.15, 0.2) is 36.4 Å². The molecule has 2 aromatic rings. The Morgan fingerprint density at radius 3 is 2.48 bits per heavy atom. The molecule has 0 saturated heterocycles. The molecular weight excluding hydrogens is 332 g/mol. The Labute approximate surface area is 139 Å². The van der Waals surface area contributed by atoms with Crippen LogP contribution < -0.4 is 5.32 Å². The molecule has 0 aliphatic carbocycles. The van der Waals surface area contributed by atoms with Crippen molar-refractivity contribution >= 4 is 34.8 Å². The first-order chi connectivity index (χ1) is 10.0. The van der Waals surface area contributed by atoms with Gasteiger partial charge in [-0.15, -0.1) is 0 Å². The summed E-state index contributed by atoms with van der Waals surface area (Å²) >= 11 is 18.3. The van der Waals surface area contributed by atoms with E-state index in [1.807, 2.05) is 13.0 Å². The van der Waals surface area contributed by atoms with Gasteiger partial charge >= 0.3 is 0 Å². The molecule has 112 valence electrons. The van der Waals surface area contributed by atoms with Crippen LogP contribution in [0.4, 0.5) is 4.39 Å². The minimum absolute atomic E-state index is 0.130. The molecular formula is C16H15Cl3FN. The smallest absolute Gasteiger partial charge is 0.127 e. The fraction of sp³-hybridized carbons (Fsp3) is 0.250. The summed E-state index contributed by atoms with van der Waals surface area (Å²) in [6.07, 6.45) is 0.417. The standard InChI is InChI=1S/C16H15Cl3FN/c1-2-21-16(11-7-6-10(17)8-14(11)19)9-12-13(18)4-3-5-15(12)20/h3-8,16,21H,2,9H2,1H3. The summed E-state index contributed by atoms with van der Waals surface area (Å²) in [5, 5.41) is 4.86. The van der Waals surface area contributed by atoms with Crippen LogP contribution in [0, 0.1) is 5.82 Å². The number of rotatable bonds is 5. The van der Waals surface area contributed by atoms with Gasteiger partial charge in [-0.2, -0.15) is 0 Å². The van der Waals surface area contributed by atoms with Crippen molar-refractivity contribution in [3.8, 4) is 0 Å². The summed E-state index contributed by atoms with van der Waals surface area (Å²) < 4.78 is 14.0. The zero-order valence-corrected chi connectivity index (χ0v) is 13.7. The highest BCUT2D eigenvalue weighted by molar-refractivity contribution is 6.35. The largest absolute Gasteiger partial charge is 0.310 e. The molecule has 0 aromatic heterocycles. The van der Waals surface area contributed by atoms with E-state index in [0.29, 0.717) is 27.1 Å². The summed E-state index contributed by atoms with van der Waals surface area (Å²) in [6.45, 7) is 2.72. The van der Waals surface area contributed by atoms with Gasteiger partial charge in [0.2, 0.25) is 0 Å². The molecule has 0 saturated carbocycles. The van der Waals surface area contributed by atoms with Gasteiger partial charge in [0.1, 0.15) is 5.82 Å². The van der Waals surface area contributed by atoms with Crippen molar-refractivity contribution in [3.63, 3.8) is 0 Å². The average Bonchev–Trinajstić information content (AvgIpc) is 2.42. The van der Waals surface area contributed by atoms with Crippen molar-refractivity contribution in [2.24, 2.45) is 0 Å². The van der Waals surface area contributed by atoms with Gasteiger partial charge in [-0.3, -0.25) is 0 Å². The lowest BCUT2D eigenvalue weighted by molar-refractivity contribution is 0.528. The molecule has 0 aliphatic heterocycles. The minimum atomic E-state index is -0.310. The molecule has 0 aliphatic rings. The second-order valence-corrected chi connectivity index (χ2v) is 5.93. The lowest BCUT2D eigenvalue weighted by atomic mass is 9.98. The van der Waals surface area contributed by atoms with Crippen molar-refractivity contribution in [2.45, 2.75) is 19.4 Å². The van der Waals surface area contributed by atoms with Gasteiger partial charge in [-0.05, 0) is 42.8 Å². The maximum atomic E-state index is 14.0. The van der Waals surface area contributed by atoms with Crippen LogP contribution in [-0.2, 0) is 6.42 Å². The van der Waals surface area contributed by atoms with Gasteiger partial charge in [0, 0.05) is 26.7 Å². The van der Waals surface area contributed by atoms with E-state index in [4.69, 9.17) is 34.8 Å². The Morgan fingerprint density at radius 1 is 1.10 bits per heavy atom. The molecule has 0 amide bonds. The van der Waals surface area contributed by atoms with Crippen LogP contribution in [0.25, 0.3) is 0 Å². The molecule has 21 heavy (non-hydrogen) atoms. The van der Waals surface area contributed by atoms with Crippen molar-refractivity contribution in [1.29, 1.82) is 0 Å². The number of hydrogen-bond acceptors (Lipinski definition) is 1. The van der Waals surface area contributed by atoms with Crippen LogP contribution >= 0.6 is 34.8 Å². The molecule has 2 rings (SSSR count). The fourth-order valence-corrected chi connectivity index (χ4v) is 3.03. The van der Waals surface area contributed by atoms with Crippen LogP contribution in [0.5, 0.6) is 0 Å². The monoisotopic (exact) mass is 345 g/mol. The van der Waals surface area contributed by atoms with Gasteiger partial charge < -0.3 is 5.32 Å². The zero-order valence-electron chi connectivity index (χ0n) is 11.5. The molecule has 0 bridgehead atoms. The first-order valence-electron chi connectivity index (χ1n) is 6.64. The summed E-state index contributed by atoms with van der Waals surface area (Å²) in [5.74, 6) is -0.310. The average molecular weight is 347 g/mol. The minimum Gasteiger partial charge on any atom is -0.310 e. The van der Waals surface area contributed by atoms with E-state index < -0.39 is 0 Å². The summed E-state index contributed by atoms with van der Waals surface area (Å²) in [7, 11) is 0. The van der Waals surface area contributed by atoms with E-state index in [1.165, 1.54) is 6.07 Å². The predicted molar refractivity (Wildman–Crippen MR) is 88.0 cm³/mol. The highest BCUT2D eigenvalue weighted by atomic mass is 35.5. The summed E-state index contributed by atoms with van der Waals surface area (Å²) in [5.41, 5.74) is 1.36. The molecule has 0 heterocycles. The quantitative estimate of drug-likeness (QED) is 0.734. The molecule has 1 atom stereocenters. The highest BCUT2D eigenvalue weighted by Crippen LogP contribution is 2.31. The maximum Gasteiger partial charge on any atom is 0.127 e. The van der Waals surface area contributed by atoms with Crippen molar-refractivity contribution in [2.75, 3.05) is 6.54 Å². The molecule has 0 spiro atoms. The second kappa shape index (κ2) is 7.46. The first-order valence-corrected chi connectivity index (χ1v) is 7.77. The van der Waals surface area contributed by atoms with E-state index in [1.54, 1.807) is 24.3 Å². The Kier molecular flexibility index (Phi) is 5.88. The van der Waals surface area contributed by atoms with Gasteiger partial charge in [0.15, 0.2) is 0 Å². The predicted octanol–water partition coefficient (Wildman–Crippen LogP) is 5.68. The van der Waals surface area contributed by atoms with E-state index in [0.717, 1.165) is 12.1 Å². The third kappa shape index (κ3) is 4.10. The molecule has 0 fully saturated rings. The van der Waals surface area contributed by atoms with Crippen LogP contribution in [0.3, 0.4) is 0 Å². The van der Waals surface area contributed by atoms with Gasteiger partial charge in [-0.25, -0.2) is 4.39 Å². The Balaban J connectivity index is 2.35. The molecule has 0 radical (unpaired) electrons. The zero-order chi connectivity index (χ0) is 15.4. The summed E-state index contributed by atoms with van der Waals surface area (Å²) in [6, 6.07) is 9.88.